The van der Waals surface area contributed by atoms with Crippen LogP contribution in [0.15, 0.2) is 29.2 Å². The monoisotopic (exact) mass is 217 g/mol. The van der Waals surface area contributed by atoms with E-state index in [1.165, 1.54) is 0 Å². The van der Waals surface area contributed by atoms with Gasteiger partial charge in [0.15, 0.2) is 0 Å². The molecule has 1 aromatic rings. The maximum atomic E-state index is 11.7. The second-order valence-corrected chi connectivity index (χ2v) is 4.53. The molecular formula is C12H11NOS. The molecule has 1 N–H and O–H groups in total. The van der Waals surface area contributed by atoms with E-state index < -0.39 is 0 Å². The lowest BCUT2D eigenvalue weighted by molar-refractivity contribution is 0.106. The van der Waals surface area contributed by atoms with Crippen molar-refractivity contribution in [3.8, 4) is 0 Å². The van der Waals surface area contributed by atoms with Crippen LogP contribution in [-0.4, -0.2) is 17.2 Å². The number of benzene rings is 1. The van der Waals surface area contributed by atoms with Crippen molar-refractivity contribution in [2.24, 2.45) is 0 Å². The van der Waals surface area contributed by atoms with E-state index in [4.69, 9.17) is 5.41 Å². The second-order valence-electron chi connectivity index (χ2n) is 3.23. The summed E-state index contributed by atoms with van der Waals surface area (Å²) in [5, 5.41) is 7.45. The minimum Gasteiger partial charge on any atom is -0.297 e. The van der Waals surface area contributed by atoms with Crippen LogP contribution >= 0.6 is 11.8 Å². The average Bonchev–Trinajstić information content (AvgIpc) is 2.25. The van der Waals surface area contributed by atoms with Gasteiger partial charge in [-0.05, 0) is 23.5 Å². The van der Waals surface area contributed by atoms with Crippen LogP contribution in [0.3, 0.4) is 0 Å². The van der Waals surface area contributed by atoms with Crippen molar-refractivity contribution < 1.29 is 4.79 Å². The van der Waals surface area contributed by atoms with E-state index in [0.29, 0.717) is 5.56 Å². The van der Waals surface area contributed by atoms with Crippen LogP contribution in [0.4, 0.5) is 0 Å². The molecule has 0 amide bonds. The molecular weight excluding hydrogens is 206 g/mol. The molecule has 1 aromatic carbocycles. The summed E-state index contributed by atoms with van der Waals surface area (Å²) >= 11 is 1.72. The highest BCUT2D eigenvalue weighted by Crippen LogP contribution is 2.29. The molecule has 1 aliphatic rings. The van der Waals surface area contributed by atoms with Gasteiger partial charge < -0.3 is 0 Å². The number of thioether (sulfide) groups is 1. The van der Waals surface area contributed by atoms with Crippen molar-refractivity contribution in [2.75, 3.05) is 5.75 Å². The fourth-order valence-electron chi connectivity index (χ4n) is 1.58. The summed E-state index contributed by atoms with van der Waals surface area (Å²) in [6.07, 6.45) is 3.43. The van der Waals surface area contributed by atoms with Gasteiger partial charge in [0, 0.05) is 10.5 Å². The van der Waals surface area contributed by atoms with Gasteiger partial charge in [0.2, 0.25) is 5.78 Å². The zero-order chi connectivity index (χ0) is 10.8. The maximum Gasteiger partial charge on any atom is 0.211 e. The Kier molecular flexibility index (Phi) is 2.73. The quantitative estimate of drug-likeness (QED) is 0.773. The van der Waals surface area contributed by atoms with Crippen molar-refractivity contribution in [1.82, 2.24) is 0 Å². The van der Waals surface area contributed by atoms with Gasteiger partial charge in [0.1, 0.15) is 5.71 Å². The van der Waals surface area contributed by atoms with Gasteiger partial charge in [0.05, 0.1) is 0 Å². The first-order valence-electron chi connectivity index (χ1n) is 4.81. The number of rotatable bonds is 2. The van der Waals surface area contributed by atoms with E-state index in [1.807, 2.05) is 18.2 Å². The van der Waals surface area contributed by atoms with Crippen LogP contribution in [0.2, 0.25) is 0 Å². The lowest BCUT2D eigenvalue weighted by Gasteiger charge is -2.13. The fourth-order valence-corrected chi connectivity index (χ4v) is 2.40. The number of fused-ring (bicyclic) bond motifs is 1. The first-order chi connectivity index (χ1) is 7.24. The van der Waals surface area contributed by atoms with Gasteiger partial charge in [-0.15, -0.1) is 11.8 Å². The van der Waals surface area contributed by atoms with Crippen molar-refractivity contribution >= 4 is 29.3 Å². The van der Waals surface area contributed by atoms with Gasteiger partial charge in [-0.25, -0.2) is 0 Å². The molecule has 0 fully saturated rings. The Morgan fingerprint density at radius 2 is 2.13 bits per heavy atom. The van der Waals surface area contributed by atoms with Crippen LogP contribution in [0, 0.1) is 5.41 Å². The lowest BCUT2D eigenvalue weighted by Crippen LogP contribution is -2.15. The summed E-state index contributed by atoms with van der Waals surface area (Å²) in [4.78, 5) is 12.8. The minimum atomic E-state index is -0.175. The summed E-state index contributed by atoms with van der Waals surface area (Å²) < 4.78 is 0. The topological polar surface area (TPSA) is 40.9 Å². The van der Waals surface area contributed by atoms with Gasteiger partial charge in [-0.3, -0.25) is 10.2 Å². The number of Topliss-reactive ketones (excluding diaryl/α,β-unsaturated/α-hetero) is 1. The molecule has 0 radical (unpaired) electrons. The number of ketones is 1. The van der Waals surface area contributed by atoms with Gasteiger partial charge >= 0.3 is 0 Å². The maximum absolute atomic E-state index is 11.7. The molecule has 2 rings (SSSR count). The summed E-state index contributed by atoms with van der Waals surface area (Å²) in [5.41, 5.74) is 1.69. The number of hydrogen-bond acceptors (Lipinski definition) is 3. The first-order valence-corrected chi connectivity index (χ1v) is 5.79. The van der Waals surface area contributed by atoms with Gasteiger partial charge in [-0.1, -0.05) is 25.1 Å². The molecule has 15 heavy (non-hydrogen) atoms. The number of carbonyl (C=O) groups excluding carboxylic acids is 1. The van der Waals surface area contributed by atoms with Crippen LogP contribution in [0.1, 0.15) is 22.8 Å². The molecule has 0 aliphatic heterocycles. The molecule has 0 unspecified atom stereocenters. The zero-order valence-corrected chi connectivity index (χ0v) is 9.23. The normalized spacial score (nSPS) is 14.2. The zero-order valence-electron chi connectivity index (χ0n) is 8.41. The summed E-state index contributed by atoms with van der Waals surface area (Å²) in [6.45, 7) is 2.08. The molecule has 2 nitrogen and oxygen atoms in total. The molecule has 0 heterocycles. The Hall–Kier alpha value is -1.35. The third kappa shape index (κ3) is 1.75. The highest BCUT2D eigenvalue weighted by Gasteiger charge is 2.19. The van der Waals surface area contributed by atoms with Gasteiger partial charge in [0.25, 0.3) is 0 Å². The number of hydrogen-bond donors (Lipinski definition) is 1. The molecule has 0 saturated carbocycles. The predicted octanol–water partition coefficient (Wildman–Crippen LogP) is 3.03. The standard InChI is InChI=1S/C12H11NOS/c1-2-15-11-5-3-4-9-8(11)6-7-10(13)12(9)14/h3-7,13H,2H2,1H3. The van der Waals surface area contributed by atoms with Crippen LogP contribution in [-0.2, 0) is 0 Å². The number of nitrogens with one attached hydrogen (secondary N) is 1. The Balaban J connectivity index is 2.56. The van der Waals surface area contributed by atoms with Crippen LogP contribution in [0.5, 0.6) is 0 Å². The Morgan fingerprint density at radius 1 is 1.33 bits per heavy atom. The van der Waals surface area contributed by atoms with Crippen molar-refractivity contribution in [3.05, 3.63) is 35.4 Å². The van der Waals surface area contributed by atoms with E-state index in [0.717, 1.165) is 16.2 Å². The van der Waals surface area contributed by atoms with Crippen LogP contribution in [0.25, 0.3) is 6.08 Å². The lowest BCUT2D eigenvalue weighted by atomic mass is 9.95. The van der Waals surface area contributed by atoms with Gasteiger partial charge in [-0.2, -0.15) is 0 Å². The highest BCUT2D eigenvalue weighted by molar-refractivity contribution is 7.99. The number of allylic oxidation sites excluding steroid dienone is 1. The highest BCUT2D eigenvalue weighted by atomic mass is 32.2. The van der Waals surface area contributed by atoms with E-state index in [-0.39, 0.29) is 11.5 Å². The van der Waals surface area contributed by atoms with E-state index >= 15 is 0 Å². The van der Waals surface area contributed by atoms with Crippen LogP contribution < -0.4 is 0 Å². The Morgan fingerprint density at radius 3 is 2.87 bits per heavy atom. The minimum absolute atomic E-state index is 0.0705. The molecule has 0 spiro atoms. The summed E-state index contributed by atoms with van der Waals surface area (Å²) in [5.74, 6) is 0.807. The molecule has 76 valence electrons. The molecule has 0 aromatic heterocycles. The number of carbonyl (C=O) groups is 1. The van der Waals surface area contributed by atoms with E-state index in [1.54, 1.807) is 23.9 Å². The van der Waals surface area contributed by atoms with Crippen molar-refractivity contribution in [2.45, 2.75) is 11.8 Å². The third-order valence-corrected chi connectivity index (χ3v) is 3.23. The fraction of sp³-hybridized carbons (Fsp3) is 0.167. The smallest absolute Gasteiger partial charge is 0.211 e. The Bertz CT molecular complexity index is 463. The summed E-state index contributed by atoms with van der Waals surface area (Å²) in [6, 6.07) is 5.68. The summed E-state index contributed by atoms with van der Waals surface area (Å²) in [7, 11) is 0. The molecule has 0 atom stereocenters. The largest absolute Gasteiger partial charge is 0.297 e. The molecule has 0 saturated heterocycles. The second kappa shape index (κ2) is 4.03. The average molecular weight is 217 g/mol. The van der Waals surface area contributed by atoms with Crippen molar-refractivity contribution in [3.63, 3.8) is 0 Å². The van der Waals surface area contributed by atoms with E-state index in [9.17, 15) is 4.79 Å². The first kappa shape index (κ1) is 10.2. The SMILES string of the molecule is CCSc1cccc2c1C=CC(=N)C2=O. The third-order valence-electron chi connectivity index (χ3n) is 2.27. The van der Waals surface area contributed by atoms with E-state index in [2.05, 4.69) is 6.92 Å². The Labute approximate surface area is 92.9 Å². The van der Waals surface area contributed by atoms with Crippen molar-refractivity contribution in [1.29, 1.82) is 5.41 Å². The molecule has 0 bridgehead atoms. The molecule has 1 aliphatic carbocycles. The predicted molar refractivity (Wildman–Crippen MR) is 63.9 cm³/mol. The molecule has 3 heteroatoms.